The second-order valence-electron chi connectivity index (χ2n) is 6.38. The Morgan fingerprint density at radius 1 is 1.27 bits per heavy atom. The molecular weight excluding hydrogens is 366 g/mol. The quantitative estimate of drug-likeness (QED) is 0.628. The first-order valence-electron chi connectivity index (χ1n) is 8.58. The second kappa shape index (κ2) is 7.17. The summed E-state index contributed by atoms with van der Waals surface area (Å²) in [5.41, 5.74) is 2.86. The van der Waals surface area contributed by atoms with Crippen molar-refractivity contribution in [3.63, 3.8) is 0 Å². The van der Waals surface area contributed by atoms with E-state index in [4.69, 9.17) is 11.6 Å². The predicted molar refractivity (Wildman–Crippen MR) is 105 cm³/mol. The fraction of sp³-hybridized carbons (Fsp3) is 0.250. The van der Waals surface area contributed by atoms with Gasteiger partial charge in [-0.3, -0.25) is 9.78 Å². The molecule has 3 aromatic rings. The summed E-state index contributed by atoms with van der Waals surface area (Å²) in [6.45, 7) is 2.67. The summed E-state index contributed by atoms with van der Waals surface area (Å²) in [7, 11) is 0. The molecule has 1 aliphatic heterocycles. The van der Waals surface area contributed by atoms with Crippen LogP contribution in [0.25, 0.3) is 10.6 Å². The lowest BCUT2D eigenvalue weighted by molar-refractivity contribution is 0.0739. The summed E-state index contributed by atoms with van der Waals surface area (Å²) in [5, 5.41) is 1.49. The number of likely N-dealkylation sites (tertiary alicyclic amines) is 1. The Bertz CT molecular complexity index is 941. The number of carbonyl (C=O) groups excluding carboxylic acids is 1. The zero-order valence-electron chi connectivity index (χ0n) is 14.4. The summed E-state index contributed by atoms with van der Waals surface area (Å²) in [5.74, 6) is 0.0626. The van der Waals surface area contributed by atoms with Crippen molar-refractivity contribution in [2.24, 2.45) is 0 Å². The molecule has 4 nitrogen and oxygen atoms in total. The Labute approximate surface area is 161 Å². The number of pyridine rings is 1. The molecule has 26 heavy (non-hydrogen) atoms. The Balaban J connectivity index is 1.64. The van der Waals surface area contributed by atoms with Crippen molar-refractivity contribution in [3.8, 4) is 10.6 Å². The number of nitrogens with zero attached hydrogens (tertiary/aromatic N) is 3. The van der Waals surface area contributed by atoms with Crippen molar-refractivity contribution >= 4 is 28.8 Å². The lowest BCUT2D eigenvalue weighted by Gasteiger charge is -2.24. The lowest BCUT2D eigenvalue weighted by atomic mass is 10.1. The van der Waals surface area contributed by atoms with E-state index in [2.05, 4.69) is 9.97 Å². The highest BCUT2D eigenvalue weighted by Crippen LogP contribution is 2.36. The Morgan fingerprint density at radius 2 is 2.08 bits per heavy atom. The molecule has 0 spiro atoms. The molecule has 1 amide bonds. The zero-order valence-corrected chi connectivity index (χ0v) is 15.9. The summed E-state index contributed by atoms with van der Waals surface area (Å²) >= 11 is 7.53. The van der Waals surface area contributed by atoms with Crippen molar-refractivity contribution in [1.82, 2.24) is 14.9 Å². The van der Waals surface area contributed by atoms with Gasteiger partial charge in [-0.2, -0.15) is 0 Å². The van der Waals surface area contributed by atoms with Gasteiger partial charge in [0.15, 0.2) is 0 Å². The number of amides is 1. The summed E-state index contributed by atoms with van der Waals surface area (Å²) in [6.07, 6.45) is 5.56. The Hall–Kier alpha value is -2.24. The fourth-order valence-electron chi connectivity index (χ4n) is 3.41. The van der Waals surface area contributed by atoms with Gasteiger partial charge >= 0.3 is 0 Å². The van der Waals surface area contributed by atoms with E-state index in [1.807, 2.05) is 48.2 Å². The van der Waals surface area contributed by atoms with Crippen LogP contribution in [0.1, 0.15) is 39.8 Å². The number of benzene rings is 1. The molecule has 1 fully saturated rings. The molecule has 0 bridgehead atoms. The van der Waals surface area contributed by atoms with Crippen LogP contribution in [0.2, 0.25) is 5.02 Å². The minimum atomic E-state index is 0.0626. The topological polar surface area (TPSA) is 46.1 Å². The monoisotopic (exact) mass is 383 g/mol. The number of aryl methyl sites for hydroxylation is 1. The molecule has 1 aliphatic rings. The largest absolute Gasteiger partial charge is 0.331 e. The molecule has 4 rings (SSSR count). The standard InChI is InChI=1S/C20H18ClN3OS/c1-13-18(26-19(23-13)15-4-2-5-16(21)12-15)20(25)24-11-3-6-17(24)14-7-9-22-10-8-14/h2,4-5,7-10,12,17H,3,6,11H2,1H3/t17-/m1/s1. The molecule has 132 valence electrons. The van der Waals surface area contributed by atoms with E-state index >= 15 is 0 Å². The number of carbonyl (C=O) groups is 1. The number of hydrogen-bond donors (Lipinski definition) is 0. The third-order valence-corrected chi connectivity index (χ3v) is 6.10. The highest BCUT2D eigenvalue weighted by atomic mass is 35.5. The van der Waals surface area contributed by atoms with Gasteiger partial charge in [-0.05, 0) is 49.6 Å². The van der Waals surface area contributed by atoms with Crippen LogP contribution in [0.15, 0.2) is 48.8 Å². The molecule has 0 unspecified atom stereocenters. The molecule has 0 N–H and O–H groups in total. The first-order valence-corrected chi connectivity index (χ1v) is 9.77. The highest BCUT2D eigenvalue weighted by Gasteiger charge is 2.32. The average Bonchev–Trinajstić information content (AvgIpc) is 3.29. The molecule has 6 heteroatoms. The van der Waals surface area contributed by atoms with Crippen molar-refractivity contribution in [1.29, 1.82) is 0 Å². The Kier molecular flexibility index (Phi) is 4.74. The molecule has 1 aromatic carbocycles. The first kappa shape index (κ1) is 17.2. The highest BCUT2D eigenvalue weighted by molar-refractivity contribution is 7.17. The van der Waals surface area contributed by atoms with Crippen LogP contribution in [0.4, 0.5) is 0 Å². The maximum atomic E-state index is 13.2. The molecule has 0 radical (unpaired) electrons. The van der Waals surface area contributed by atoms with E-state index in [0.29, 0.717) is 9.90 Å². The van der Waals surface area contributed by atoms with Gasteiger partial charge in [0.2, 0.25) is 0 Å². The first-order chi connectivity index (χ1) is 12.6. The molecule has 3 heterocycles. The van der Waals surface area contributed by atoms with Crippen molar-refractivity contribution < 1.29 is 4.79 Å². The van der Waals surface area contributed by atoms with Crippen molar-refractivity contribution in [3.05, 3.63) is 69.9 Å². The van der Waals surface area contributed by atoms with E-state index in [9.17, 15) is 4.79 Å². The van der Waals surface area contributed by atoms with Gasteiger partial charge in [0.05, 0.1) is 11.7 Å². The average molecular weight is 384 g/mol. The van der Waals surface area contributed by atoms with Crippen molar-refractivity contribution in [2.75, 3.05) is 6.54 Å². The van der Waals surface area contributed by atoms with Gasteiger partial charge in [0.25, 0.3) is 5.91 Å². The van der Waals surface area contributed by atoms with E-state index in [1.54, 1.807) is 12.4 Å². The maximum absolute atomic E-state index is 13.2. The van der Waals surface area contributed by atoms with Gasteiger partial charge < -0.3 is 4.90 Å². The van der Waals surface area contributed by atoms with E-state index in [0.717, 1.165) is 41.2 Å². The smallest absolute Gasteiger partial charge is 0.266 e. The molecule has 0 aliphatic carbocycles. The number of halogens is 1. The summed E-state index contributed by atoms with van der Waals surface area (Å²) in [4.78, 5) is 24.6. The lowest BCUT2D eigenvalue weighted by Crippen LogP contribution is -2.30. The minimum Gasteiger partial charge on any atom is -0.331 e. The Morgan fingerprint density at radius 3 is 2.85 bits per heavy atom. The minimum absolute atomic E-state index is 0.0626. The number of aromatic nitrogens is 2. The third-order valence-electron chi connectivity index (χ3n) is 4.67. The number of rotatable bonds is 3. The van der Waals surface area contributed by atoms with Gasteiger partial charge in [-0.15, -0.1) is 11.3 Å². The normalized spacial score (nSPS) is 16.8. The SMILES string of the molecule is Cc1nc(-c2cccc(Cl)c2)sc1C(=O)N1CCC[C@@H]1c1ccncc1. The van der Waals surface area contributed by atoms with Crippen LogP contribution in [-0.4, -0.2) is 27.3 Å². The second-order valence-corrected chi connectivity index (χ2v) is 7.82. The summed E-state index contributed by atoms with van der Waals surface area (Å²) < 4.78 is 0. The molecule has 2 aromatic heterocycles. The van der Waals surface area contributed by atoms with Gasteiger partial charge in [0.1, 0.15) is 9.88 Å². The van der Waals surface area contributed by atoms with Crippen LogP contribution in [0.5, 0.6) is 0 Å². The molecule has 0 saturated carbocycles. The van der Waals surface area contributed by atoms with Crippen LogP contribution < -0.4 is 0 Å². The van der Waals surface area contributed by atoms with E-state index < -0.39 is 0 Å². The maximum Gasteiger partial charge on any atom is 0.266 e. The van der Waals surface area contributed by atoms with Gasteiger partial charge in [-0.25, -0.2) is 4.98 Å². The van der Waals surface area contributed by atoms with Gasteiger partial charge in [-0.1, -0.05) is 23.7 Å². The number of hydrogen-bond acceptors (Lipinski definition) is 4. The van der Waals surface area contributed by atoms with E-state index in [1.165, 1.54) is 11.3 Å². The van der Waals surface area contributed by atoms with Crippen LogP contribution in [0.3, 0.4) is 0 Å². The van der Waals surface area contributed by atoms with Crippen LogP contribution in [0, 0.1) is 6.92 Å². The summed E-state index contributed by atoms with van der Waals surface area (Å²) in [6, 6.07) is 11.7. The molecule has 1 saturated heterocycles. The predicted octanol–water partition coefficient (Wildman–Crippen LogP) is 5.14. The van der Waals surface area contributed by atoms with Crippen LogP contribution in [-0.2, 0) is 0 Å². The fourth-order valence-corrected chi connectivity index (χ4v) is 4.62. The third kappa shape index (κ3) is 3.24. The van der Waals surface area contributed by atoms with Crippen LogP contribution >= 0.6 is 22.9 Å². The van der Waals surface area contributed by atoms with E-state index in [-0.39, 0.29) is 11.9 Å². The molecule has 1 atom stereocenters. The van der Waals surface area contributed by atoms with Gasteiger partial charge in [0, 0.05) is 29.5 Å². The zero-order chi connectivity index (χ0) is 18.1. The number of thiazole rings is 1. The van der Waals surface area contributed by atoms with Crippen molar-refractivity contribution in [2.45, 2.75) is 25.8 Å². The molecular formula is C20H18ClN3OS.